The largest absolute Gasteiger partial charge is 0.242 e. The molecule has 0 heterocycles. The van der Waals surface area contributed by atoms with Gasteiger partial charge in [0.25, 0.3) is 0 Å². The summed E-state index contributed by atoms with van der Waals surface area (Å²) in [5.74, 6) is 0. The number of halogens is 1. The van der Waals surface area contributed by atoms with Crippen LogP contribution in [0, 0.1) is 5.41 Å². The molecule has 0 aliphatic heterocycles. The van der Waals surface area contributed by atoms with Crippen molar-refractivity contribution in [2.75, 3.05) is 14.1 Å². The number of rotatable bonds is 4. The normalized spacial score (nSPS) is 14.7. The Bertz CT molecular complexity index is 515. The van der Waals surface area contributed by atoms with Gasteiger partial charge in [-0.05, 0) is 29.5 Å². The van der Waals surface area contributed by atoms with E-state index in [1.54, 1.807) is 12.1 Å². The first-order valence-electron chi connectivity index (χ1n) is 6.20. The van der Waals surface area contributed by atoms with Crippen LogP contribution in [0.25, 0.3) is 0 Å². The second-order valence-electron chi connectivity index (χ2n) is 5.97. The van der Waals surface area contributed by atoms with Gasteiger partial charge in [-0.15, -0.1) is 11.6 Å². The zero-order chi connectivity index (χ0) is 14.8. The SMILES string of the molecule is CN(C)S(=O)(=O)c1ccc(CC(Cl)C(C)(C)C)cc1. The van der Waals surface area contributed by atoms with Crippen LogP contribution in [0.1, 0.15) is 26.3 Å². The molecule has 1 rings (SSSR count). The zero-order valence-corrected chi connectivity index (χ0v) is 13.7. The van der Waals surface area contributed by atoms with Gasteiger partial charge in [0.1, 0.15) is 0 Å². The molecule has 0 N–H and O–H groups in total. The van der Waals surface area contributed by atoms with Crippen molar-refractivity contribution in [3.05, 3.63) is 29.8 Å². The summed E-state index contributed by atoms with van der Waals surface area (Å²) in [7, 11) is -0.299. The quantitative estimate of drug-likeness (QED) is 0.801. The van der Waals surface area contributed by atoms with Gasteiger partial charge in [0, 0.05) is 19.5 Å². The first-order chi connectivity index (χ1) is 8.55. The fraction of sp³-hybridized carbons (Fsp3) is 0.571. The molecule has 0 bridgehead atoms. The van der Waals surface area contributed by atoms with Crippen LogP contribution < -0.4 is 0 Å². The lowest BCUT2D eigenvalue weighted by Crippen LogP contribution is -2.23. The molecule has 1 aromatic rings. The van der Waals surface area contributed by atoms with Crippen LogP contribution in [0.3, 0.4) is 0 Å². The Kier molecular flexibility index (Phi) is 5.04. The smallest absolute Gasteiger partial charge is 0.207 e. The Balaban J connectivity index is 2.90. The van der Waals surface area contributed by atoms with Gasteiger partial charge in [0.2, 0.25) is 10.0 Å². The average molecular weight is 304 g/mol. The third-order valence-electron chi connectivity index (χ3n) is 3.06. The molecule has 0 amide bonds. The van der Waals surface area contributed by atoms with Gasteiger partial charge in [0.15, 0.2) is 0 Å². The van der Waals surface area contributed by atoms with Gasteiger partial charge in [-0.1, -0.05) is 32.9 Å². The Morgan fingerprint density at radius 2 is 1.63 bits per heavy atom. The van der Waals surface area contributed by atoms with Crippen molar-refractivity contribution < 1.29 is 8.42 Å². The van der Waals surface area contributed by atoms with Crippen LogP contribution in [-0.2, 0) is 16.4 Å². The van der Waals surface area contributed by atoms with Crippen LogP contribution in [0.5, 0.6) is 0 Å². The molecule has 1 unspecified atom stereocenters. The minimum absolute atomic E-state index is 0.0174. The molecule has 0 saturated carbocycles. The van der Waals surface area contributed by atoms with E-state index in [4.69, 9.17) is 11.6 Å². The molecule has 0 aromatic heterocycles. The monoisotopic (exact) mass is 303 g/mol. The summed E-state index contributed by atoms with van der Waals surface area (Å²) in [6.07, 6.45) is 0.730. The minimum atomic E-state index is -3.35. The Morgan fingerprint density at radius 1 is 1.16 bits per heavy atom. The van der Waals surface area contributed by atoms with Crippen molar-refractivity contribution in [2.45, 2.75) is 37.5 Å². The number of hydrogen-bond donors (Lipinski definition) is 0. The molecule has 0 radical (unpaired) electrons. The molecule has 0 fully saturated rings. The molecular weight excluding hydrogens is 282 g/mol. The molecule has 5 heteroatoms. The predicted molar refractivity (Wildman–Crippen MR) is 80.1 cm³/mol. The van der Waals surface area contributed by atoms with E-state index in [0.717, 1.165) is 12.0 Å². The summed E-state index contributed by atoms with van der Waals surface area (Å²) in [6.45, 7) is 6.28. The Morgan fingerprint density at radius 3 is 2.00 bits per heavy atom. The third-order valence-corrected chi connectivity index (χ3v) is 5.69. The molecule has 0 aliphatic carbocycles. The summed E-state index contributed by atoms with van der Waals surface area (Å²) in [6, 6.07) is 6.93. The van der Waals surface area contributed by atoms with Crippen LogP contribution >= 0.6 is 11.6 Å². The van der Waals surface area contributed by atoms with E-state index in [1.807, 2.05) is 12.1 Å². The Hall–Kier alpha value is -0.580. The van der Waals surface area contributed by atoms with Crippen LogP contribution in [-0.4, -0.2) is 32.2 Å². The van der Waals surface area contributed by atoms with Gasteiger partial charge in [-0.25, -0.2) is 12.7 Å². The zero-order valence-electron chi connectivity index (χ0n) is 12.1. The maximum atomic E-state index is 11.9. The van der Waals surface area contributed by atoms with E-state index in [2.05, 4.69) is 20.8 Å². The molecule has 0 aliphatic rings. The highest BCUT2D eigenvalue weighted by Gasteiger charge is 2.23. The van der Waals surface area contributed by atoms with Crippen molar-refractivity contribution in [1.82, 2.24) is 4.31 Å². The van der Waals surface area contributed by atoms with Crippen molar-refractivity contribution in [1.29, 1.82) is 0 Å². The third kappa shape index (κ3) is 4.20. The average Bonchev–Trinajstić information content (AvgIpc) is 2.28. The highest BCUT2D eigenvalue weighted by molar-refractivity contribution is 7.89. The molecule has 3 nitrogen and oxygen atoms in total. The molecule has 108 valence electrons. The topological polar surface area (TPSA) is 37.4 Å². The number of alkyl halides is 1. The fourth-order valence-electron chi connectivity index (χ4n) is 1.52. The van der Waals surface area contributed by atoms with Gasteiger partial charge < -0.3 is 0 Å². The van der Waals surface area contributed by atoms with Crippen molar-refractivity contribution in [3.63, 3.8) is 0 Å². The molecule has 19 heavy (non-hydrogen) atoms. The van der Waals surface area contributed by atoms with E-state index in [0.29, 0.717) is 4.90 Å². The van der Waals surface area contributed by atoms with Crippen LogP contribution in [0.4, 0.5) is 0 Å². The number of sulfonamides is 1. The van der Waals surface area contributed by atoms with Crippen LogP contribution in [0.2, 0.25) is 0 Å². The lowest BCUT2D eigenvalue weighted by atomic mass is 9.88. The summed E-state index contributed by atoms with van der Waals surface area (Å²) in [5, 5.41) is 0.0174. The maximum Gasteiger partial charge on any atom is 0.242 e. The summed E-state index contributed by atoms with van der Waals surface area (Å²) in [5.41, 5.74) is 1.07. The maximum absolute atomic E-state index is 11.9. The Labute approximate surface area is 121 Å². The second-order valence-corrected chi connectivity index (χ2v) is 8.65. The fourth-order valence-corrected chi connectivity index (χ4v) is 2.60. The van der Waals surface area contributed by atoms with Crippen molar-refractivity contribution >= 4 is 21.6 Å². The van der Waals surface area contributed by atoms with E-state index in [9.17, 15) is 8.42 Å². The molecule has 0 saturated heterocycles. The molecule has 1 aromatic carbocycles. The van der Waals surface area contributed by atoms with Crippen LogP contribution in [0.15, 0.2) is 29.2 Å². The molecule has 0 spiro atoms. The number of hydrogen-bond acceptors (Lipinski definition) is 2. The van der Waals surface area contributed by atoms with Crippen molar-refractivity contribution in [2.24, 2.45) is 5.41 Å². The van der Waals surface area contributed by atoms with E-state index < -0.39 is 10.0 Å². The predicted octanol–water partition coefficient (Wildman–Crippen LogP) is 3.13. The minimum Gasteiger partial charge on any atom is -0.207 e. The molecule has 1 atom stereocenters. The summed E-state index contributed by atoms with van der Waals surface area (Å²) >= 11 is 6.35. The lowest BCUT2D eigenvalue weighted by molar-refractivity contribution is 0.386. The number of benzene rings is 1. The lowest BCUT2D eigenvalue weighted by Gasteiger charge is -2.25. The van der Waals surface area contributed by atoms with E-state index in [1.165, 1.54) is 18.4 Å². The van der Waals surface area contributed by atoms with Gasteiger partial charge in [0.05, 0.1) is 4.90 Å². The van der Waals surface area contributed by atoms with E-state index >= 15 is 0 Å². The first-order valence-corrected chi connectivity index (χ1v) is 8.08. The van der Waals surface area contributed by atoms with Gasteiger partial charge in [-0.3, -0.25) is 0 Å². The van der Waals surface area contributed by atoms with Crippen molar-refractivity contribution in [3.8, 4) is 0 Å². The standard InChI is InChI=1S/C14H22ClNO2S/c1-14(2,3)13(15)10-11-6-8-12(9-7-11)19(17,18)16(4)5/h6-9,13H,10H2,1-5H3. The van der Waals surface area contributed by atoms with E-state index in [-0.39, 0.29) is 10.8 Å². The van der Waals surface area contributed by atoms with Gasteiger partial charge >= 0.3 is 0 Å². The number of nitrogens with zero attached hydrogens (tertiary/aromatic N) is 1. The highest BCUT2D eigenvalue weighted by atomic mass is 35.5. The first kappa shape index (κ1) is 16.5. The second kappa shape index (κ2) is 5.81. The van der Waals surface area contributed by atoms with Gasteiger partial charge in [-0.2, -0.15) is 0 Å². The summed E-state index contributed by atoms with van der Waals surface area (Å²) in [4.78, 5) is 0.308. The summed E-state index contributed by atoms with van der Waals surface area (Å²) < 4.78 is 25.1. The highest BCUT2D eigenvalue weighted by Crippen LogP contribution is 2.27. The molecular formula is C14H22ClNO2S.